The first-order chi connectivity index (χ1) is 7.27. The maximum atomic E-state index is 11.4. The van der Waals surface area contributed by atoms with Gasteiger partial charge in [0.15, 0.2) is 0 Å². The van der Waals surface area contributed by atoms with E-state index in [-0.39, 0.29) is 29.6 Å². The maximum absolute atomic E-state index is 11.4. The van der Waals surface area contributed by atoms with E-state index < -0.39 is 5.95 Å². The van der Waals surface area contributed by atoms with Gasteiger partial charge in [-0.15, -0.1) is 0 Å². The van der Waals surface area contributed by atoms with Gasteiger partial charge in [-0.25, -0.2) is 0 Å². The monoisotopic (exact) mass is 221 g/mol. The molecule has 4 heteroatoms. The summed E-state index contributed by atoms with van der Waals surface area (Å²) >= 11 is 0. The molecule has 0 unspecified atom stereocenters. The van der Waals surface area contributed by atoms with Crippen LogP contribution in [0.5, 0.6) is 0 Å². The van der Waals surface area contributed by atoms with E-state index in [9.17, 15) is 5.11 Å². The number of hydrogen-bond acceptors (Lipinski definition) is 3. The maximum Gasteiger partial charge on any atom is 1.00 e. The summed E-state index contributed by atoms with van der Waals surface area (Å²) in [5.74, 6) is -0.410. The van der Waals surface area contributed by atoms with Crippen LogP contribution in [0.1, 0.15) is 11.1 Å². The molecule has 1 aliphatic carbocycles. The summed E-state index contributed by atoms with van der Waals surface area (Å²) in [6.45, 7) is 0. The average Bonchev–Trinajstić information content (AvgIpc) is 2.67. The van der Waals surface area contributed by atoms with Gasteiger partial charge >= 0.3 is 29.6 Å². The second kappa shape index (κ2) is 5.22. The molecule has 16 heavy (non-hydrogen) atoms. The molecular formula is C12H8NNaO2. The first-order valence-electron chi connectivity index (χ1n) is 4.44. The standard InChI is InChI=1S/C12H9NO2.Na/c1-15-12(14)11-6-8(7-13)9-4-2-3-5-10(9)11;/h2-6,14H,1H3;/q;+1/p-1/b12-11+;. The predicted molar refractivity (Wildman–Crippen MR) is 54.0 cm³/mol. The van der Waals surface area contributed by atoms with E-state index in [1.54, 1.807) is 6.08 Å². The van der Waals surface area contributed by atoms with Crippen LogP contribution in [-0.4, -0.2) is 7.11 Å². The van der Waals surface area contributed by atoms with E-state index in [2.05, 4.69) is 10.8 Å². The van der Waals surface area contributed by atoms with Gasteiger partial charge in [0.25, 0.3) is 0 Å². The smallest absolute Gasteiger partial charge is 0.616 e. The molecule has 0 aliphatic heterocycles. The van der Waals surface area contributed by atoms with E-state index in [4.69, 9.17) is 5.26 Å². The number of ether oxygens (including phenoxy) is 1. The molecule has 0 aromatic heterocycles. The van der Waals surface area contributed by atoms with Crippen LogP contribution in [-0.2, 0) is 4.74 Å². The average molecular weight is 221 g/mol. The van der Waals surface area contributed by atoms with Crippen LogP contribution in [0, 0.1) is 11.3 Å². The van der Waals surface area contributed by atoms with E-state index >= 15 is 0 Å². The van der Waals surface area contributed by atoms with Crippen LogP contribution in [0.2, 0.25) is 0 Å². The molecule has 0 N–H and O–H groups in total. The second-order valence-electron chi connectivity index (χ2n) is 3.12. The summed E-state index contributed by atoms with van der Waals surface area (Å²) in [6.07, 6.45) is 1.57. The molecule has 0 spiro atoms. The molecule has 2 rings (SSSR count). The van der Waals surface area contributed by atoms with Crippen LogP contribution < -0.4 is 34.7 Å². The zero-order valence-corrected chi connectivity index (χ0v) is 11.2. The van der Waals surface area contributed by atoms with Crippen molar-refractivity contribution in [3.05, 3.63) is 47.4 Å². The summed E-state index contributed by atoms with van der Waals surface area (Å²) in [7, 11) is 1.33. The number of nitriles is 1. The molecule has 1 aliphatic rings. The van der Waals surface area contributed by atoms with Crippen LogP contribution in [0.3, 0.4) is 0 Å². The van der Waals surface area contributed by atoms with Crippen molar-refractivity contribution in [2.75, 3.05) is 7.11 Å². The predicted octanol–water partition coefficient (Wildman–Crippen LogP) is -1.71. The van der Waals surface area contributed by atoms with Crippen molar-refractivity contribution >= 4 is 11.1 Å². The Kier molecular flexibility index (Phi) is 4.19. The minimum absolute atomic E-state index is 0. The van der Waals surface area contributed by atoms with Gasteiger partial charge in [0.1, 0.15) is 0 Å². The fourth-order valence-corrected chi connectivity index (χ4v) is 1.62. The van der Waals surface area contributed by atoms with E-state index in [1.165, 1.54) is 7.11 Å². The summed E-state index contributed by atoms with van der Waals surface area (Å²) in [5.41, 5.74) is 2.51. The molecule has 74 valence electrons. The Hall–Kier alpha value is -1.21. The number of fused-ring (bicyclic) bond motifs is 1. The van der Waals surface area contributed by atoms with Crippen LogP contribution in [0.25, 0.3) is 11.1 Å². The molecule has 0 bridgehead atoms. The molecular weight excluding hydrogens is 213 g/mol. The summed E-state index contributed by atoms with van der Waals surface area (Å²) in [5, 5.41) is 20.3. The normalized spacial score (nSPS) is 15.4. The van der Waals surface area contributed by atoms with Gasteiger partial charge in [0, 0.05) is 11.1 Å². The van der Waals surface area contributed by atoms with Gasteiger partial charge in [-0.2, -0.15) is 5.26 Å². The zero-order chi connectivity index (χ0) is 10.8. The van der Waals surface area contributed by atoms with Crippen molar-refractivity contribution in [1.82, 2.24) is 0 Å². The van der Waals surface area contributed by atoms with Crippen LogP contribution in [0.4, 0.5) is 0 Å². The van der Waals surface area contributed by atoms with Crippen LogP contribution >= 0.6 is 0 Å². The first-order valence-corrected chi connectivity index (χ1v) is 4.44. The Bertz CT molecular complexity index is 512. The van der Waals surface area contributed by atoms with Crippen molar-refractivity contribution in [3.8, 4) is 6.07 Å². The molecule has 1 aromatic carbocycles. The number of benzene rings is 1. The molecule has 0 fully saturated rings. The van der Waals surface area contributed by atoms with Crippen molar-refractivity contribution in [3.63, 3.8) is 0 Å². The summed E-state index contributed by atoms with van der Waals surface area (Å²) in [4.78, 5) is 0. The Labute approximate surface area is 116 Å². The number of allylic oxidation sites excluding steroid dienone is 3. The van der Waals surface area contributed by atoms with Gasteiger partial charge in [-0.3, -0.25) is 0 Å². The van der Waals surface area contributed by atoms with Gasteiger partial charge < -0.3 is 9.84 Å². The minimum atomic E-state index is -0.410. The third-order valence-electron chi connectivity index (χ3n) is 2.32. The third-order valence-corrected chi connectivity index (χ3v) is 2.32. The fraction of sp³-hybridized carbons (Fsp3) is 0.0833. The molecule has 0 atom stereocenters. The Balaban J connectivity index is 0.00000128. The molecule has 3 nitrogen and oxygen atoms in total. The van der Waals surface area contributed by atoms with Gasteiger partial charge in [-0.05, 0) is 18.7 Å². The Morgan fingerprint density at radius 1 is 1.31 bits per heavy atom. The van der Waals surface area contributed by atoms with Gasteiger partial charge in [0.2, 0.25) is 0 Å². The van der Waals surface area contributed by atoms with Crippen molar-refractivity contribution in [2.24, 2.45) is 0 Å². The molecule has 0 saturated carbocycles. The third kappa shape index (κ3) is 2.00. The van der Waals surface area contributed by atoms with E-state index in [1.807, 2.05) is 24.3 Å². The number of rotatable bonds is 1. The SMILES string of the molecule is CO/C([O-])=C1\C=C(C#N)c2ccccc21.[Na+]. The fourth-order valence-electron chi connectivity index (χ4n) is 1.62. The Morgan fingerprint density at radius 3 is 2.50 bits per heavy atom. The number of methoxy groups -OCH3 is 1. The zero-order valence-electron chi connectivity index (χ0n) is 9.15. The van der Waals surface area contributed by atoms with E-state index in [0.717, 1.165) is 11.1 Å². The minimum Gasteiger partial charge on any atom is -0.616 e. The Morgan fingerprint density at radius 2 is 1.94 bits per heavy atom. The van der Waals surface area contributed by atoms with E-state index in [0.29, 0.717) is 11.1 Å². The largest absolute Gasteiger partial charge is 1.00 e. The topological polar surface area (TPSA) is 56.1 Å². The molecule has 0 saturated heterocycles. The first kappa shape index (κ1) is 12.9. The van der Waals surface area contributed by atoms with Crippen LogP contribution in [0.15, 0.2) is 36.3 Å². The quantitative estimate of drug-likeness (QED) is 0.419. The second-order valence-corrected chi connectivity index (χ2v) is 3.12. The molecule has 1 aromatic rings. The molecule has 0 amide bonds. The number of nitrogens with zero attached hydrogens (tertiary/aromatic N) is 1. The number of hydrogen-bond donors (Lipinski definition) is 0. The van der Waals surface area contributed by atoms with Crippen molar-refractivity contribution in [1.29, 1.82) is 5.26 Å². The molecule has 0 heterocycles. The summed E-state index contributed by atoms with van der Waals surface area (Å²) < 4.78 is 4.65. The molecule has 0 radical (unpaired) electrons. The van der Waals surface area contributed by atoms with Crippen molar-refractivity contribution in [2.45, 2.75) is 0 Å². The van der Waals surface area contributed by atoms with Gasteiger partial charge in [0.05, 0.1) is 17.6 Å². The summed E-state index contributed by atoms with van der Waals surface area (Å²) in [6, 6.07) is 9.36. The van der Waals surface area contributed by atoms with Crippen molar-refractivity contribution < 1.29 is 39.4 Å². The van der Waals surface area contributed by atoms with Gasteiger partial charge in [-0.1, -0.05) is 24.3 Å².